The Labute approximate surface area is 178 Å². The zero-order valence-electron chi connectivity index (χ0n) is 15.5. The first-order chi connectivity index (χ1) is 12.9. The Kier molecular flexibility index (Phi) is 9.96. The molecule has 0 unspecified atom stereocenters. The molecule has 0 aromatic carbocycles. The van der Waals surface area contributed by atoms with Crippen LogP contribution < -0.4 is 15.4 Å². The van der Waals surface area contributed by atoms with Crippen molar-refractivity contribution in [2.45, 2.75) is 26.1 Å². The Hall–Kier alpha value is -2.12. The lowest BCUT2D eigenvalue weighted by molar-refractivity contribution is -0.137. The van der Waals surface area contributed by atoms with Gasteiger partial charge in [-0.1, -0.05) is 6.92 Å². The number of alkyl halides is 3. The molecule has 2 rings (SSSR count). The lowest BCUT2D eigenvalue weighted by Crippen LogP contribution is -2.40. The number of aliphatic imine (C=N–C) groups is 1. The van der Waals surface area contributed by atoms with E-state index in [2.05, 4.69) is 30.8 Å². The predicted molar refractivity (Wildman–Crippen MR) is 109 cm³/mol. The number of rotatable bonds is 8. The van der Waals surface area contributed by atoms with Crippen molar-refractivity contribution in [2.24, 2.45) is 4.99 Å². The fourth-order valence-corrected chi connectivity index (χ4v) is 2.21. The van der Waals surface area contributed by atoms with Gasteiger partial charge in [0.2, 0.25) is 5.88 Å². The maximum atomic E-state index is 12.5. The van der Waals surface area contributed by atoms with Crippen LogP contribution in [0.2, 0.25) is 0 Å². The van der Waals surface area contributed by atoms with Gasteiger partial charge in [-0.25, -0.2) is 4.98 Å². The number of ether oxygens (including phenoxy) is 1. The van der Waals surface area contributed by atoms with Gasteiger partial charge in [0, 0.05) is 38.8 Å². The van der Waals surface area contributed by atoms with Crippen molar-refractivity contribution >= 4 is 29.9 Å². The number of hydrogen-bond donors (Lipinski definition) is 2. The number of hydrogen-bond acceptors (Lipinski definition) is 5. The summed E-state index contributed by atoms with van der Waals surface area (Å²) in [6, 6.07) is 2.13. The SMILES string of the molecule is CCc1nncn1CCNC(=NC)NCCOc1ccc(C(F)(F)F)cn1.I. The van der Waals surface area contributed by atoms with Gasteiger partial charge in [0.15, 0.2) is 5.96 Å². The van der Waals surface area contributed by atoms with Crippen LogP contribution in [0.4, 0.5) is 13.2 Å². The predicted octanol–water partition coefficient (Wildman–Crippen LogP) is 2.12. The molecule has 2 aromatic heterocycles. The van der Waals surface area contributed by atoms with E-state index in [0.717, 1.165) is 24.5 Å². The van der Waals surface area contributed by atoms with E-state index in [1.54, 1.807) is 13.4 Å². The molecular weight excluding hydrogens is 490 g/mol. The first-order valence-corrected chi connectivity index (χ1v) is 8.41. The lowest BCUT2D eigenvalue weighted by atomic mass is 10.3. The fourth-order valence-electron chi connectivity index (χ4n) is 2.21. The number of nitrogens with one attached hydrogen (secondary N) is 2. The third kappa shape index (κ3) is 7.48. The molecule has 0 amide bonds. The van der Waals surface area contributed by atoms with Crippen molar-refractivity contribution in [1.82, 2.24) is 30.4 Å². The highest BCUT2D eigenvalue weighted by Crippen LogP contribution is 2.29. The number of aromatic nitrogens is 4. The molecule has 0 bridgehead atoms. The van der Waals surface area contributed by atoms with Crippen LogP contribution in [0.1, 0.15) is 18.3 Å². The van der Waals surface area contributed by atoms with Crippen LogP contribution in [0.25, 0.3) is 0 Å². The number of aryl methyl sites for hydroxylation is 1. The summed E-state index contributed by atoms with van der Waals surface area (Å²) in [5.74, 6) is 1.63. The van der Waals surface area contributed by atoms with Crippen molar-refractivity contribution in [1.29, 1.82) is 0 Å². The number of halogens is 4. The average Bonchev–Trinajstić information content (AvgIpc) is 3.10. The molecule has 0 fully saturated rings. The Balaban J connectivity index is 0.00000392. The van der Waals surface area contributed by atoms with E-state index in [1.807, 2.05) is 11.5 Å². The van der Waals surface area contributed by atoms with Crippen molar-refractivity contribution in [3.63, 3.8) is 0 Å². The van der Waals surface area contributed by atoms with E-state index >= 15 is 0 Å². The highest BCUT2D eigenvalue weighted by molar-refractivity contribution is 14.0. The van der Waals surface area contributed by atoms with Gasteiger partial charge in [-0.15, -0.1) is 34.2 Å². The second-order valence-corrected chi connectivity index (χ2v) is 5.45. The molecule has 0 spiro atoms. The molecule has 156 valence electrons. The molecular formula is C16H23F3IN7O. The third-order valence-electron chi connectivity index (χ3n) is 3.59. The molecule has 0 saturated heterocycles. The van der Waals surface area contributed by atoms with Crippen molar-refractivity contribution < 1.29 is 17.9 Å². The summed E-state index contributed by atoms with van der Waals surface area (Å²) in [5.41, 5.74) is -0.808. The molecule has 0 radical (unpaired) electrons. The molecule has 0 atom stereocenters. The van der Waals surface area contributed by atoms with Gasteiger partial charge in [-0.2, -0.15) is 13.2 Å². The van der Waals surface area contributed by atoms with Gasteiger partial charge in [0.05, 0.1) is 12.1 Å². The standard InChI is InChI=1S/C16H22F3N7O.HI/c1-3-13-25-24-11-26(13)8-6-21-15(20-2)22-7-9-27-14-5-4-12(10-23-14)16(17,18)19;/h4-5,10-11H,3,6-9H2,1-2H3,(H2,20,21,22);1H. The Bertz CT molecular complexity index is 735. The molecule has 2 N–H and O–H groups in total. The Morgan fingerprint density at radius 2 is 2.00 bits per heavy atom. The van der Waals surface area contributed by atoms with Gasteiger partial charge in [0.25, 0.3) is 0 Å². The van der Waals surface area contributed by atoms with Crippen molar-refractivity contribution in [3.05, 3.63) is 36.0 Å². The summed E-state index contributed by atoms with van der Waals surface area (Å²) in [6.07, 6.45) is -1.17. The van der Waals surface area contributed by atoms with Crippen molar-refractivity contribution in [3.8, 4) is 5.88 Å². The number of pyridine rings is 1. The monoisotopic (exact) mass is 513 g/mol. The van der Waals surface area contributed by atoms with Crippen LogP contribution in [0.5, 0.6) is 5.88 Å². The minimum Gasteiger partial charge on any atom is -0.476 e. The van der Waals surface area contributed by atoms with Gasteiger partial charge >= 0.3 is 6.18 Å². The van der Waals surface area contributed by atoms with E-state index in [0.29, 0.717) is 25.6 Å². The topological polar surface area (TPSA) is 89.2 Å². The van der Waals surface area contributed by atoms with Gasteiger partial charge in [-0.3, -0.25) is 4.99 Å². The van der Waals surface area contributed by atoms with Gasteiger partial charge < -0.3 is 19.9 Å². The van der Waals surface area contributed by atoms with Crippen LogP contribution in [0.15, 0.2) is 29.6 Å². The normalized spacial score (nSPS) is 11.7. The molecule has 0 aliphatic rings. The van der Waals surface area contributed by atoms with E-state index in [-0.39, 0.29) is 36.5 Å². The van der Waals surface area contributed by atoms with Gasteiger partial charge in [0.1, 0.15) is 18.8 Å². The second kappa shape index (κ2) is 11.7. The quantitative estimate of drug-likeness (QED) is 0.244. The Morgan fingerprint density at radius 3 is 2.61 bits per heavy atom. The lowest BCUT2D eigenvalue weighted by Gasteiger charge is -2.13. The zero-order valence-corrected chi connectivity index (χ0v) is 17.9. The number of nitrogens with zero attached hydrogens (tertiary/aromatic N) is 5. The largest absolute Gasteiger partial charge is 0.476 e. The van der Waals surface area contributed by atoms with E-state index in [9.17, 15) is 13.2 Å². The smallest absolute Gasteiger partial charge is 0.417 e. The summed E-state index contributed by atoms with van der Waals surface area (Å²) in [5, 5.41) is 14.1. The molecule has 2 heterocycles. The van der Waals surface area contributed by atoms with E-state index in [1.165, 1.54) is 6.07 Å². The molecule has 0 aliphatic carbocycles. The molecule has 0 aliphatic heterocycles. The number of guanidine groups is 1. The summed E-state index contributed by atoms with van der Waals surface area (Å²) in [6.45, 7) is 3.98. The summed E-state index contributed by atoms with van der Waals surface area (Å²) in [4.78, 5) is 7.74. The minimum atomic E-state index is -4.41. The molecule has 2 aromatic rings. The Morgan fingerprint density at radius 1 is 1.25 bits per heavy atom. The van der Waals surface area contributed by atoms with E-state index in [4.69, 9.17) is 4.74 Å². The van der Waals surface area contributed by atoms with E-state index < -0.39 is 11.7 Å². The van der Waals surface area contributed by atoms with Gasteiger partial charge in [-0.05, 0) is 6.07 Å². The van der Waals surface area contributed by atoms with Crippen molar-refractivity contribution in [2.75, 3.05) is 26.7 Å². The molecule has 0 saturated carbocycles. The van der Waals surface area contributed by atoms with Crippen LogP contribution in [0, 0.1) is 0 Å². The summed E-state index contributed by atoms with van der Waals surface area (Å²) >= 11 is 0. The van der Waals surface area contributed by atoms with Crippen LogP contribution in [-0.4, -0.2) is 52.5 Å². The van der Waals surface area contributed by atoms with Crippen LogP contribution >= 0.6 is 24.0 Å². The highest BCUT2D eigenvalue weighted by atomic mass is 127. The third-order valence-corrected chi connectivity index (χ3v) is 3.59. The maximum absolute atomic E-state index is 12.5. The summed E-state index contributed by atoms with van der Waals surface area (Å²) in [7, 11) is 1.64. The highest BCUT2D eigenvalue weighted by Gasteiger charge is 2.30. The first-order valence-electron chi connectivity index (χ1n) is 8.41. The average molecular weight is 513 g/mol. The molecule has 8 nitrogen and oxygen atoms in total. The minimum absolute atomic E-state index is 0. The maximum Gasteiger partial charge on any atom is 0.417 e. The zero-order chi connectivity index (χ0) is 19.7. The van der Waals surface area contributed by atoms with Crippen LogP contribution in [0.3, 0.4) is 0 Å². The fraction of sp³-hybridized carbons (Fsp3) is 0.500. The summed E-state index contributed by atoms with van der Waals surface area (Å²) < 4.78 is 44.7. The second-order valence-electron chi connectivity index (χ2n) is 5.45. The molecule has 12 heteroatoms. The molecule has 28 heavy (non-hydrogen) atoms. The van der Waals surface area contributed by atoms with Crippen LogP contribution in [-0.2, 0) is 19.1 Å². The first kappa shape index (κ1) is 23.9.